The summed E-state index contributed by atoms with van der Waals surface area (Å²) in [5, 5.41) is 2.79. The Morgan fingerprint density at radius 2 is 1.83 bits per heavy atom. The molecule has 0 aliphatic heterocycles. The molecule has 1 heterocycles. The second-order valence-electron chi connectivity index (χ2n) is 5.69. The molecule has 3 rings (SSSR count). The van der Waals surface area contributed by atoms with Crippen LogP contribution in [0.25, 0.3) is 11.0 Å². The summed E-state index contributed by atoms with van der Waals surface area (Å²) < 4.78 is 12.9. The third-order valence-electron chi connectivity index (χ3n) is 3.58. The molecule has 124 valence electrons. The fraction of sp³-hybridized carbons (Fsp3) is 0.176. The lowest BCUT2D eigenvalue weighted by molar-refractivity contribution is -0.117. The van der Waals surface area contributed by atoms with Crippen LogP contribution >= 0.6 is 0 Å². The van der Waals surface area contributed by atoms with Crippen LogP contribution in [0.15, 0.2) is 47.3 Å². The predicted octanol–water partition coefficient (Wildman–Crippen LogP) is 2.07. The van der Waals surface area contributed by atoms with Gasteiger partial charge in [-0.3, -0.25) is 9.69 Å². The molecule has 1 amide bonds. The third kappa shape index (κ3) is 3.88. The number of carbonyl (C=O) groups is 1. The Bertz CT molecular complexity index is 914. The van der Waals surface area contributed by atoms with Gasteiger partial charge in [-0.1, -0.05) is 12.1 Å². The minimum absolute atomic E-state index is 0.170. The first-order chi connectivity index (χ1) is 11.5. The van der Waals surface area contributed by atoms with E-state index in [0.29, 0.717) is 23.3 Å². The minimum atomic E-state index is -0.285. The largest absolute Gasteiger partial charge is 0.325 e. The normalized spacial score (nSPS) is 11.1. The van der Waals surface area contributed by atoms with E-state index < -0.39 is 0 Å². The topological polar surface area (TPSA) is 81.0 Å². The Balaban J connectivity index is 1.59. The lowest BCUT2D eigenvalue weighted by Gasteiger charge is -2.16. The summed E-state index contributed by atoms with van der Waals surface area (Å²) in [4.78, 5) is 30.5. The van der Waals surface area contributed by atoms with Crippen molar-refractivity contribution in [2.24, 2.45) is 0 Å². The van der Waals surface area contributed by atoms with Crippen LogP contribution in [-0.2, 0) is 11.3 Å². The molecule has 0 spiro atoms. The fourth-order valence-electron chi connectivity index (χ4n) is 2.51. The number of fused-ring (bicyclic) bond motifs is 1. The molecule has 0 bridgehead atoms. The first kappa shape index (κ1) is 15.9. The number of likely N-dealkylation sites (N-methyl/N-ethyl adjacent to an activating group) is 1. The maximum absolute atomic E-state index is 12.9. The lowest BCUT2D eigenvalue weighted by Crippen LogP contribution is -2.29. The van der Waals surface area contributed by atoms with E-state index in [1.807, 2.05) is 11.9 Å². The van der Waals surface area contributed by atoms with Gasteiger partial charge in [-0.2, -0.15) is 0 Å². The van der Waals surface area contributed by atoms with Crippen LogP contribution in [0.3, 0.4) is 0 Å². The average Bonchev–Trinajstić information content (AvgIpc) is 2.88. The van der Waals surface area contributed by atoms with E-state index in [4.69, 9.17) is 0 Å². The lowest BCUT2D eigenvalue weighted by atomic mass is 10.2. The molecule has 6 nitrogen and oxygen atoms in total. The Labute approximate surface area is 137 Å². The molecule has 3 N–H and O–H groups in total. The number of imidazole rings is 1. The molecule has 3 aromatic rings. The number of carbonyl (C=O) groups excluding carboxylic acids is 1. The first-order valence-corrected chi connectivity index (χ1v) is 7.44. The van der Waals surface area contributed by atoms with Crippen LogP contribution in [0.2, 0.25) is 0 Å². The van der Waals surface area contributed by atoms with E-state index >= 15 is 0 Å². The highest BCUT2D eigenvalue weighted by atomic mass is 19.1. The smallest absolute Gasteiger partial charge is 0.323 e. The zero-order chi connectivity index (χ0) is 17.1. The van der Waals surface area contributed by atoms with Crippen LogP contribution < -0.4 is 11.0 Å². The maximum Gasteiger partial charge on any atom is 0.323 e. The summed E-state index contributed by atoms with van der Waals surface area (Å²) in [5.74, 6) is -0.450. The van der Waals surface area contributed by atoms with Crippen molar-refractivity contribution < 1.29 is 9.18 Å². The number of hydrogen-bond acceptors (Lipinski definition) is 3. The van der Waals surface area contributed by atoms with Gasteiger partial charge in [0.25, 0.3) is 0 Å². The maximum atomic E-state index is 12.9. The van der Waals surface area contributed by atoms with Crippen LogP contribution in [0.4, 0.5) is 10.1 Å². The van der Waals surface area contributed by atoms with Gasteiger partial charge in [-0.25, -0.2) is 9.18 Å². The van der Waals surface area contributed by atoms with Gasteiger partial charge in [0.05, 0.1) is 17.6 Å². The number of aromatic amines is 2. The van der Waals surface area contributed by atoms with Gasteiger partial charge in [-0.05, 0) is 42.9 Å². The van der Waals surface area contributed by atoms with Crippen molar-refractivity contribution in [1.82, 2.24) is 14.9 Å². The third-order valence-corrected chi connectivity index (χ3v) is 3.58. The van der Waals surface area contributed by atoms with Crippen LogP contribution in [0.5, 0.6) is 0 Å². The molecule has 0 atom stereocenters. The van der Waals surface area contributed by atoms with Crippen molar-refractivity contribution in [2.45, 2.75) is 6.54 Å². The van der Waals surface area contributed by atoms with Gasteiger partial charge in [0.2, 0.25) is 5.91 Å². The molecule has 0 fully saturated rings. The number of nitrogens with zero attached hydrogens (tertiary/aromatic N) is 1. The molecule has 0 saturated carbocycles. The number of nitrogens with one attached hydrogen (secondary N) is 3. The summed E-state index contributed by atoms with van der Waals surface area (Å²) in [6.07, 6.45) is 0. The van der Waals surface area contributed by atoms with E-state index in [9.17, 15) is 14.0 Å². The summed E-state index contributed by atoms with van der Waals surface area (Å²) >= 11 is 0. The molecule has 0 unspecified atom stereocenters. The monoisotopic (exact) mass is 328 g/mol. The quantitative estimate of drug-likeness (QED) is 0.671. The van der Waals surface area contributed by atoms with Gasteiger partial charge in [0.1, 0.15) is 5.82 Å². The van der Waals surface area contributed by atoms with E-state index in [1.165, 1.54) is 12.1 Å². The van der Waals surface area contributed by atoms with Crippen molar-refractivity contribution >= 4 is 22.6 Å². The number of aromatic nitrogens is 2. The summed E-state index contributed by atoms with van der Waals surface area (Å²) in [5.41, 5.74) is 2.58. The Morgan fingerprint density at radius 3 is 2.58 bits per heavy atom. The standard InChI is InChI=1S/C17H17FN4O2/c1-22(9-11-2-4-12(18)5-3-11)10-16(23)19-13-6-7-14-15(8-13)21-17(24)20-14/h2-8H,9-10H2,1H3,(H,19,23)(H2,20,21,24). The molecular formula is C17H17FN4O2. The van der Waals surface area contributed by atoms with Gasteiger partial charge in [-0.15, -0.1) is 0 Å². The van der Waals surface area contributed by atoms with Crippen LogP contribution in [0, 0.1) is 5.82 Å². The van der Waals surface area contributed by atoms with Crippen molar-refractivity contribution in [2.75, 3.05) is 18.9 Å². The Hall–Kier alpha value is -2.93. The molecule has 0 radical (unpaired) electrons. The predicted molar refractivity (Wildman–Crippen MR) is 90.3 cm³/mol. The van der Waals surface area contributed by atoms with E-state index in [2.05, 4.69) is 15.3 Å². The van der Waals surface area contributed by atoms with Crippen molar-refractivity contribution in [3.05, 3.63) is 64.3 Å². The molecule has 24 heavy (non-hydrogen) atoms. The van der Waals surface area contributed by atoms with Crippen LogP contribution in [-0.4, -0.2) is 34.4 Å². The van der Waals surface area contributed by atoms with Crippen molar-refractivity contribution in [3.63, 3.8) is 0 Å². The molecule has 0 aliphatic rings. The number of hydrogen-bond donors (Lipinski definition) is 3. The number of amides is 1. The number of H-pyrrole nitrogens is 2. The Morgan fingerprint density at radius 1 is 1.12 bits per heavy atom. The second-order valence-corrected chi connectivity index (χ2v) is 5.69. The van der Waals surface area contributed by atoms with Crippen LogP contribution in [0.1, 0.15) is 5.56 Å². The highest BCUT2D eigenvalue weighted by Gasteiger charge is 2.09. The second kappa shape index (κ2) is 6.67. The highest BCUT2D eigenvalue weighted by molar-refractivity contribution is 5.94. The molecule has 0 aliphatic carbocycles. The molecule has 0 saturated heterocycles. The zero-order valence-electron chi connectivity index (χ0n) is 13.1. The van der Waals surface area contributed by atoms with Crippen molar-refractivity contribution in [3.8, 4) is 0 Å². The van der Waals surface area contributed by atoms with E-state index in [-0.39, 0.29) is 24.0 Å². The number of halogens is 1. The Kier molecular flexibility index (Phi) is 4.43. The average molecular weight is 328 g/mol. The van der Waals surface area contributed by atoms with Crippen molar-refractivity contribution in [1.29, 1.82) is 0 Å². The fourth-order valence-corrected chi connectivity index (χ4v) is 2.51. The molecular weight excluding hydrogens is 311 g/mol. The molecule has 2 aromatic carbocycles. The molecule has 7 heteroatoms. The summed E-state index contributed by atoms with van der Waals surface area (Å²) in [7, 11) is 1.82. The number of rotatable bonds is 5. The summed E-state index contributed by atoms with van der Waals surface area (Å²) in [6.45, 7) is 0.733. The van der Waals surface area contributed by atoms with Gasteiger partial charge >= 0.3 is 5.69 Å². The zero-order valence-corrected chi connectivity index (χ0v) is 13.1. The van der Waals surface area contributed by atoms with Gasteiger partial charge in [0, 0.05) is 12.2 Å². The first-order valence-electron chi connectivity index (χ1n) is 7.44. The number of benzene rings is 2. The number of anilines is 1. The van der Waals surface area contributed by atoms with E-state index in [0.717, 1.165) is 5.56 Å². The minimum Gasteiger partial charge on any atom is -0.325 e. The SMILES string of the molecule is CN(CC(=O)Nc1ccc2[nH]c(=O)[nH]c2c1)Cc1ccc(F)cc1. The molecule has 1 aromatic heterocycles. The summed E-state index contributed by atoms with van der Waals surface area (Å²) in [6, 6.07) is 11.3. The van der Waals surface area contributed by atoms with E-state index in [1.54, 1.807) is 30.3 Å². The van der Waals surface area contributed by atoms with Gasteiger partial charge < -0.3 is 15.3 Å². The highest BCUT2D eigenvalue weighted by Crippen LogP contribution is 2.14. The van der Waals surface area contributed by atoms with Gasteiger partial charge in [0.15, 0.2) is 0 Å².